The van der Waals surface area contributed by atoms with E-state index >= 15 is 0 Å². The van der Waals surface area contributed by atoms with E-state index in [0.29, 0.717) is 24.5 Å². The zero-order chi connectivity index (χ0) is 18.4. The number of hydrogen-bond acceptors (Lipinski definition) is 2. The molecule has 2 aliphatic carbocycles. The highest BCUT2D eigenvalue weighted by Gasteiger charge is 2.47. The summed E-state index contributed by atoms with van der Waals surface area (Å²) in [5.41, 5.74) is 2.56. The third-order valence-electron chi connectivity index (χ3n) is 5.20. The fraction of sp³-hybridized carbons (Fsp3) is 0.524. The molecule has 0 aliphatic heterocycles. The summed E-state index contributed by atoms with van der Waals surface area (Å²) in [6.45, 7) is 1.25. The van der Waals surface area contributed by atoms with Crippen LogP contribution in [0.4, 0.5) is 0 Å². The van der Waals surface area contributed by atoms with E-state index in [1.807, 2.05) is 24.3 Å². The molecule has 1 aromatic carbocycles. The van der Waals surface area contributed by atoms with Crippen molar-refractivity contribution in [2.45, 2.75) is 44.9 Å². The number of hydrogen-bond donors (Lipinski definition) is 2. The molecule has 1 saturated carbocycles. The minimum atomic E-state index is -0.164. The molecule has 2 N–H and O–H groups in total. The number of rotatable bonds is 8. The van der Waals surface area contributed by atoms with Crippen LogP contribution < -0.4 is 10.6 Å². The van der Waals surface area contributed by atoms with E-state index in [2.05, 4.69) is 16.7 Å². The standard InChI is InChI=1S/C21H27ClN2O2/c22-17-8-4-7-16(13-17)10-12-24-21(26)19-14-18(19)20(25)23-11-9-15-5-2-1-3-6-15/h4-5,7-8,13,18-19H,1-3,6,9-12,14H2,(H,23,25)(H,24,26). The molecule has 2 amide bonds. The van der Waals surface area contributed by atoms with Gasteiger partial charge in [-0.3, -0.25) is 9.59 Å². The first-order chi connectivity index (χ1) is 12.6. The van der Waals surface area contributed by atoms with Crippen molar-refractivity contribution in [3.8, 4) is 0 Å². The largest absolute Gasteiger partial charge is 0.356 e. The number of carbonyl (C=O) groups is 2. The second kappa shape index (κ2) is 9.22. The van der Waals surface area contributed by atoms with Crippen LogP contribution in [0.2, 0.25) is 5.02 Å². The van der Waals surface area contributed by atoms with Crippen LogP contribution in [0.5, 0.6) is 0 Å². The quantitative estimate of drug-likeness (QED) is 0.682. The molecule has 26 heavy (non-hydrogen) atoms. The Morgan fingerprint density at radius 1 is 1.04 bits per heavy atom. The van der Waals surface area contributed by atoms with E-state index < -0.39 is 0 Å². The monoisotopic (exact) mass is 374 g/mol. The topological polar surface area (TPSA) is 58.2 Å². The van der Waals surface area contributed by atoms with Gasteiger partial charge in [-0.1, -0.05) is 35.4 Å². The van der Waals surface area contributed by atoms with E-state index in [0.717, 1.165) is 24.8 Å². The minimum absolute atomic E-state index is 0.0119. The summed E-state index contributed by atoms with van der Waals surface area (Å²) in [6.07, 6.45) is 9.53. The van der Waals surface area contributed by atoms with Crippen molar-refractivity contribution in [1.29, 1.82) is 0 Å². The Labute approximate surface area is 160 Å². The van der Waals surface area contributed by atoms with Crippen molar-refractivity contribution in [3.05, 3.63) is 46.5 Å². The summed E-state index contributed by atoms with van der Waals surface area (Å²) in [4.78, 5) is 24.3. The maximum atomic E-state index is 12.2. The Kier molecular flexibility index (Phi) is 6.73. The predicted molar refractivity (Wildman–Crippen MR) is 104 cm³/mol. The van der Waals surface area contributed by atoms with E-state index in [-0.39, 0.29) is 23.7 Å². The summed E-state index contributed by atoms with van der Waals surface area (Å²) in [5.74, 6) is -0.302. The zero-order valence-electron chi connectivity index (χ0n) is 15.1. The fourth-order valence-electron chi connectivity index (χ4n) is 3.54. The van der Waals surface area contributed by atoms with Crippen LogP contribution >= 0.6 is 11.6 Å². The molecule has 5 heteroatoms. The molecule has 0 saturated heterocycles. The van der Waals surface area contributed by atoms with Crippen molar-refractivity contribution in [2.24, 2.45) is 11.8 Å². The van der Waals surface area contributed by atoms with Crippen molar-refractivity contribution < 1.29 is 9.59 Å². The molecule has 1 fully saturated rings. The van der Waals surface area contributed by atoms with Gasteiger partial charge in [-0.15, -0.1) is 0 Å². The Hall–Kier alpha value is -1.81. The normalized spacial score (nSPS) is 21.7. The van der Waals surface area contributed by atoms with Gasteiger partial charge in [0.1, 0.15) is 0 Å². The lowest BCUT2D eigenvalue weighted by Crippen LogP contribution is -2.31. The SMILES string of the molecule is O=C(NCCC1=CCCCC1)C1CC1C(=O)NCCc1cccc(Cl)c1. The summed E-state index contributed by atoms with van der Waals surface area (Å²) in [6, 6.07) is 7.64. The summed E-state index contributed by atoms with van der Waals surface area (Å²) >= 11 is 5.96. The number of halogens is 1. The molecule has 0 bridgehead atoms. The highest BCUT2D eigenvalue weighted by Crippen LogP contribution is 2.38. The van der Waals surface area contributed by atoms with Crippen molar-refractivity contribution >= 4 is 23.4 Å². The first kappa shape index (κ1) is 19.0. The smallest absolute Gasteiger partial charge is 0.223 e. The molecule has 0 aromatic heterocycles. The van der Waals surface area contributed by atoms with Crippen molar-refractivity contribution in [3.63, 3.8) is 0 Å². The fourth-order valence-corrected chi connectivity index (χ4v) is 3.75. The van der Waals surface area contributed by atoms with Gasteiger partial charge < -0.3 is 10.6 Å². The van der Waals surface area contributed by atoms with Gasteiger partial charge in [0.2, 0.25) is 11.8 Å². The van der Waals surface area contributed by atoms with Crippen LogP contribution in [0, 0.1) is 11.8 Å². The molecule has 2 atom stereocenters. The lowest BCUT2D eigenvalue weighted by atomic mass is 9.97. The van der Waals surface area contributed by atoms with Crippen molar-refractivity contribution in [2.75, 3.05) is 13.1 Å². The lowest BCUT2D eigenvalue weighted by Gasteiger charge is -2.13. The molecule has 0 radical (unpaired) electrons. The third-order valence-corrected chi connectivity index (χ3v) is 5.43. The molecule has 140 valence electrons. The van der Waals surface area contributed by atoms with Gasteiger partial charge in [0, 0.05) is 18.1 Å². The molecule has 0 spiro atoms. The average molecular weight is 375 g/mol. The summed E-state index contributed by atoms with van der Waals surface area (Å²) < 4.78 is 0. The van der Waals surface area contributed by atoms with Gasteiger partial charge >= 0.3 is 0 Å². The molecular formula is C21H27ClN2O2. The third kappa shape index (κ3) is 5.60. The highest BCUT2D eigenvalue weighted by atomic mass is 35.5. The lowest BCUT2D eigenvalue weighted by molar-refractivity contribution is -0.127. The number of amides is 2. The molecule has 2 aliphatic rings. The Morgan fingerprint density at radius 2 is 1.77 bits per heavy atom. The predicted octanol–water partition coefficient (Wildman–Crippen LogP) is 3.64. The van der Waals surface area contributed by atoms with E-state index in [1.165, 1.54) is 24.8 Å². The number of allylic oxidation sites excluding steroid dienone is 1. The van der Waals surface area contributed by atoms with Gasteiger partial charge in [0.05, 0.1) is 11.8 Å². The second-order valence-corrected chi connectivity index (χ2v) is 7.71. The number of benzene rings is 1. The summed E-state index contributed by atoms with van der Waals surface area (Å²) in [5, 5.41) is 6.63. The second-order valence-electron chi connectivity index (χ2n) is 7.27. The van der Waals surface area contributed by atoms with Gasteiger partial charge in [-0.25, -0.2) is 0 Å². The van der Waals surface area contributed by atoms with Crippen LogP contribution in [-0.2, 0) is 16.0 Å². The van der Waals surface area contributed by atoms with Crippen LogP contribution in [0.15, 0.2) is 35.9 Å². The number of carbonyl (C=O) groups excluding carboxylic acids is 2. The van der Waals surface area contributed by atoms with Gasteiger partial charge in [0.15, 0.2) is 0 Å². The van der Waals surface area contributed by atoms with Crippen molar-refractivity contribution in [1.82, 2.24) is 10.6 Å². The molecule has 4 nitrogen and oxygen atoms in total. The first-order valence-electron chi connectivity index (χ1n) is 9.61. The van der Waals surface area contributed by atoms with Gasteiger partial charge in [-0.2, -0.15) is 0 Å². The zero-order valence-corrected chi connectivity index (χ0v) is 15.9. The maximum absolute atomic E-state index is 12.2. The van der Waals surface area contributed by atoms with Crippen LogP contribution in [-0.4, -0.2) is 24.9 Å². The summed E-state index contributed by atoms with van der Waals surface area (Å²) in [7, 11) is 0. The average Bonchev–Trinajstić information content (AvgIpc) is 3.43. The van der Waals surface area contributed by atoms with E-state index in [4.69, 9.17) is 11.6 Å². The van der Waals surface area contributed by atoms with Crippen LogP contribution in [0.1, 0.15) is 44.1 Å². The highest BCUT2D eigenvalue weighted by molar-refractivity contribution is 6.30. The molecule has 0 heterocycles. The number of nitrogens with one attached hydrogen (secondary N) is 2. The Morgan fingerprint density at radius 3 is 2.42 bits per heavy atom. The molecule has 1 aromatic rings. The Balaban J connectivity index is 1.31. The van der Waals surface area contributed by atoms with Gasteiger partial charge in [-0.05, 0) is 62.6 Å². The maximum Gasteiger partial charge on any atom is 0.223 e. The molecule has 3 rings (SSSR count). The van der Waals surface area contributed by atoms with E-state index in [1.54, 1.807) is 0 Å². The van der Waals surface area contributed by atoms with E-state index in [9.17, 15) is 9.59 Å². The Bertz CT molecular complexity index is 686. The van der Waals surface area contributed by atoms with Crippen LogP contribution in [0.25, 0.3) is 0 Å². The van der Waals surface area contributed by atoms with Gasteiger partial charge in [0.25, 0.3) is 0 Å². The van der Waals surface area contributed by atoms with Crippen LogP contribution in [0.3, 0.4) is 0 Å². The molecule has 2 unspecified atom stereocenters. The first-order valence-corrected chi connectivity index (χ1v) is 9.99. The molecular weight excluding hydrogens is 348 g/mol. The minimum Gasteiger partial charge on any atom is -0.356 e.